The number of rotatable bonds is 2. The summed E-state index contributed by atoms with van der Waals surface area (Å²) in [5, 5.41) is 0. The van der Waals surface area contributed by atoms with Crippen LogP contribution in [0.15, 0.2) is 48.6 Å². The summed E-state index contributed by atoms with van der Waals surface area (Å²) in [4.78, 5) is 11.6. The first-order valence-corrected chi connectivity index (χ1v) is 4.11. The van der Waals surface area contributed by atoms with Crippen LogP contribution < -0.4 is 0 Å². The van der Waals surface area contributed by atoms with Crippen LogP contribution in [0.4, 0.5) is 0 Å². The van der Waals surface area contributed by atoms with Gasteiger partial charge in [-0.25, -0.2) is 0 Å². The van der Waals surface area contributed by atoms with Gasteiger partial charge in [0.2, 0.25) is 0 Å². The summed E-state index contributed by atoms with van der Waals surface area (Å²) in [7, 11) is 0. The minimum absolute atomic E-state index is 0. The van der Waals surface area contributed by atoms with E-state index in [0.717, 1.165) is 0 Å². The average Bonchev–Trinajstić information content (AvgIpc) is 2.77. The van der Waals surface area contributed by atoms with Crippen molar-refractivity contribution in [3.8, 4) is 0 Å². The third-order valence-electron chi connectivity index (χ3n) is 2.15. The van der Waals surface area contributed by atoms with Gasteiger partial charge in [0.25, 0.3) is 0 Å². The predicted octanol–water partition coefficient (Wildman–Crippen LogP) is 2.04. The topological polar surface area (TPSA) is 17.1 Å². The molecule has 0 spiro atoms. The van der Waals surface area contributed by atoms with E-state index in [2.05, 4.69) is 0 Å². The first-order chi connectivity index (χ1) is 5.88. The molecule has 0 N–H and O–H groups in total. The van der Waals surface area contributed by atoms with Gasteiger partial charge in [0.1, 0.15) is 0 Å². The summed E-state index contributed by atoms with van der Waals surface area (Å²) in [5.41, 5.74) is 0. The summed E-state index contributed by atoms with van der Waals surface area (Å²) in [6.07, 6.45) is 15.4. The summed E-state index contributed by atoms with van der Waals surface area (Å²) in [5.74, 6) is 0.273. The fraction of sp³-hybridized carbons (Fsp3) is 0.182. The molecule has 0 aliphatic heterocycles. The fourth-order valence-corrected chi connectivity index (χ4v) is 1.47. The predicted molar refractivity (Wildman–Crippen MR) is 48.5 cm³/mol. The Labute approximate surface area is 88.4 Å². The first kappa shape index (κ1) is 10.2. The van der Waals surface area contributed by atoms with Crippen LogP contribution >= 0.6 is 0 Å². The quantitative estimate of drug-likeness (QED) is 0.642. The van der Waals surface area contributed by atoms with Crippen molar-refractivity contribution in [3.63, 3.8) is 0 Å². The molecule has 68 valence electrons. The molecule has 2 heteroatoms. The zero-order chi connectivity index (χ0) is 8.39. The molecule has 0 fully saturated rings. The number of hydrogen-bond donors (Lipinski definition) is 0. The Balaban J connectivity index is 0.000000845. The van der Waals surface area contributed by atoms with Gasteiger partial charge in [0, 0.05) is 17.1 Å². The Bertz CT molecular complexity index is 256. The molecule has 13 heavy (non-hydrogen) atoms. The zero-order valence-corrected chi connectivity index (χ0v) is 8.14. The van der Waals surface area contributed by atoms with Crippen molar-refractivity contribution in [2.75, 3.05) is 0 Å². The second-order valence-electron chi connectivity index (χ2n) is 2.99. The van der Waals surface area contributed by atoms with Crippen LogP contribution in [-0.4, -0.2) is 5.78 Å². The maximum atomic E-state index is 11.6. The van der Waals surface area contributed by atoms with Crippen LogP contribution in [0, 0.1) is 11.8 Å². The molecule has 0 saturated carbocycles. The van der Waals surface area contributed by atoms with Crippen LogP contribution in [0.25, 0.3) is 0 Å². The second kappa shape index (κ2) is 4.40. The molecule has 1 nitrogen and oxygen atoms in total. The van der Waals surface area contributed by atoms with Gasteiger partial charge in [-0.15, -0.1) is 0 Å². The van der Waals surface area contributed by atoms with E-state index in [1.54, 1.807) is 0 Å². The van der Waals surface area contributed by atoms with E-state index in [0.29, 0.717) is 0 Å². The normalized spacial score (nSPS) is 19.7. The molecular weight excluding hydrogens is 204 g/mol. The molecule has 2 rings (SSSR count). The van der Waals surface area contributed by atoms with E-state index >= 15 is 0 Å². The SMILES string of the molecule is O=C(C1C=CC=C1)C1C=CC=C1.[Fe]. The summed E-state index contributed by atoms with van der Waals surface area (Å²) >= 11 is 0. The molecule has 0 atom stereocenters. The van der Waals surface area contributed by atoms with Crippen molar-refractivity contribution in [2.45, 2.75) is 0 Å². The third kappa shape index (κ3) is 2.09. The van der Waals surface area contributed by atoms with Crippen LogP contribution in [0.3, 0.4) is 0 Å². The van der Waals surface area contributed by atoms with Crippen molar-refractivity contribution in [1.82, 2.24) is 0 Å². The molecule has 2 aliphatic rings. The third-order valence-corrected chi connectivity index (χ3v) is 2.15. The standard InChI is InChI=1S/C11H10O.Fe/c12-11(9-5-1-2-6-9)10-7-3-4-8-10;/h1-10H;. The van der Waals surface area contributed by atoms with Crippen LogP contribution in [0.2, 0.25) is 0 Å². The molecule has 0 saturated heterocycles. The Hall–Kier alpha value is -0.851. The number of carbonyl (C=O) groups is 1. The van der Waals surface area contributed by atoms with Crippen molar-refractivity contribution < 1.29 is 21.9 Å². The van der Waals surface area contributed by atoms with Crippen LogP contribution in [0.1, 0.15) is 0 Å². The zero-order valence-electron chi connectivity index (χ0n) is 7.04. The summed E-state index contributed by atoms with van der Waals surface area (Å²) in [6.45, 7) is 0. The molecular formula is C11H10FeO. The van der Waals surface area contributed by atoms with Gasteiger partial charge in [0.05, 0.1) is 11.8 Å². The van der Waals surface area contributed by atoms with Crippen molar-refractivity contribution >= 4 is 5.78 Å². The van der Waals surface area contributed by atoms with Gasteiger partial charge < -0.3 is 0 Å². The van der Waals surface area contributed by atoms with E-state index in [1.165, 1.54) is 0 Å². The van der Waals surface area contributed by atoms with Crippen molar-refractivity contribution in [1.29, 1.82) is 0 Å². The molecule has 0 aromatic carbocycles. The Kier molecular flexibility index (Phi) is 3.47. The molecule has 0 aromatic rings. The van der Waals surface area contributed by atoms with Crippen molar-refractivity contribution in [2.24, 2.45) is 11.8 Å². The molecule has 0 amide bonds. The van der Waals surface area contributed by atoms with Crippen molar-refractivity contribution in [3.05, 3.63) is 48.6 Å². The fourth-order valence-electron chi connectivity index (χ4n) is 1.47. The Morgan fingerprint density at radius 3 is 1.38 bits per heavy atom. The van der Waals surface area contributed by atoms with Gasteiger partial charge >= 0.3 is 0 Å². The maximum Gasteiger partial charge on any atom is 0.154 e. The van der Waals surface area contributed by atoms with E-state index in [4.69, 9.17) is 0 Å². The van der Waals surface area contributed by atoms with Gasteiger partial charge in [-0.05, 0) is 0 Å². The van der Waals surface area contributed by atoms with Gasteiger partial charge in [-0.1, -0.05) is 48.6 Å². The van der Waals surface area contributed by atoms with Gasteiger partial charge in [-0.2, -0.15) is 0 Å². The Morgan fingerprint density at radius 1 is 0.769 bits per heavy atom. The molecule has 0 radical (unpaired) electrons. The van der Waals surface area contributed by atoms with E-state index in [-0.39, 0.29) is 34.7 Å². The maximum absolute atomic E-state index is 11.6. The van der Waals surface area contributed by atoms with E-state index in [9.17, 15) is 4.79 Å². The minimum atomic E-state index is 0. The largest absolute Gasteiger partial charge is 0.298 e. The number of carbonyl (C=O) groups excluding carboxylic acids is 1. The monoisotopic (exact) mass is 214 g/mol. The van der Waals surface area contributed by atoms with Crippen LogP contribution in [0.5, 0.6) is 0 Å². The minimum Gasteiger partial charge on any atom is -0.298 e. The number of hydrogen-bond acceptors (Lipinski definition) is 1. The molecule has 2 aliphatic carbocycles. The second-order valence-corrected chi connectivity index (χ2v) is 2.99. The smallest absolute Gasteiger partial charge is 0.154 e. The van der Waals surface area contributed by atoms with Crippen LogP contribution in [-0.2, 0) is 21.9 Å². The average molecular weight is 214 g/mol. The first-order valence-electron chi connectivity index (χ1n) is 4.11. The number of Topliss-reactive ketones (excluding diaryl/α,β-unsaturated/α-hetero) is 1. The molecule has 0 heterocycles. The Morgan fingerprint density at radius 2 is 1.08 bits per heavy atom. The molecule has 0 unspecified atom stereocenters. The summed E-state index contributed by atoms with van der Waals surface area (Å²) in [6, 6.07) is 0. The van der Waals surface area contributed by atoms with E-state index in [1.807, 2.05) is 48.6 Å². The number of allylic oxidation sites excluding steroid dienone is 8. The van der Waals surface area contributed by atoms with E-state index < -0.39 is 0 Å². The molecule has 0 aromatic heterocycles. The van der Waals surface area contributed by atoms with Gasteiger partial charge in [-0.3, -0.25) is 4.79 Å². The number of ketones is 1. The van der Waals surface area contributed by atoms with Gasteiger partial charge in [0.15, 0.2) is 5.78 Å². The molecule has 0 bridgehead atoms. The summed E-state index contributed by atoms with van der Waals surface area (Å²) < 4.78 is 0.